The molecule has 2 aromatic rings. The second-order valence-electron chi connectivity index (χ2n) is 5.29. The molecule has 3 N–H and O–H groups in total. The van der Waals surface area contributed by atoms with Gasteiger partial charge in [-0.15, -0.1) is 11.6 Å². The summed E-state index contributed by atoms with van der Waals surface area (Å²) in [5, 5.41) is 15.3. The van der Waals surface area contributed by atoms with Gasteiger partial charge in [-0.3, -0.25) is 4.79 Å². The van der Waals surface area contributed by atoms with Crippen LogP contribution in [-0.2, 0) is 0 Å². The third-order valence-corrected chi connectivity index (χ3v) is 3.86. The van der Waals surface area contributed by atoms with E-state index in [1.165, 1.54) is 7.11 Å². The third kappa shape index (κ3) is 5.27. The Morgan fingerprint density at radius 2 is 2.00 bits per heavy atom. The molecule has 0 aliphatic heterocycles. The summed E-state index contributed by atoms with van der Waals surface area (Å²) in [6.07, 6.45) is -0.653. The summed E-state index contributed by atoms with van der Waals surface area (Å²) in [5.41, 5.74) is 1.70. The summed E-state index contributed by atoms with van der Waals surface area (Å²) < 4.78 is 10.4. The van der Waals surface area contributed by atoms with Crippen molar-refractivity contribution in [2.45, 2.75) is 6.10 Å². The van der Waals surface area contributed by atoms with Crippen molar-refractivity contribution in [3.05, 3.63) is 48.0 Å². The summed E-state index contributed by atoms with van der Waals surface area (Å²) in [5.74, 6) is 1.01. The van der Waals surface area contributed by atoms with Crippen LogP contribution in [0.4, 0.5) is 11.4 Å². The van der Waals surface area contributed by atoms with Crippen LogP contribution >= 0.6 is 11.6 Å². The predicted octanol–water partition coefficient (Wildman–Crippen LogP) is 2.97. The lowest BCUT2D eigenvalue weighted by Crippen LogP contribution is -2.21. The first-order valence-corrected chi connectivity index (χ1v) is 8.22. The molecule has 0 saturated carbocycles. The number of anilines is 2. The first-order chi connectivity index (χ1) is 12.1. The number of halogens is 1. The minimum absolute atomic E-state index is 0.142. The van der Waals surface area contributed by atoms with Crippen molar-refractivity contribution >= 4 is 28.9 Å². The Morgan fingerprint density at radius 1 is 1.20 bits per heavy atom. The Bertz CT molecular complexity index is 724. The van der Waals surface area contributed by atoms with Gasteiger partial charge in [-0.1, -0.05) is 6.07 Å². The molecular formula is C18H21ClN2O4. The first-order valence-electron chi connectivity index (χ1n) is 7.68. The molecule has 0 aromatic heterocycles. The number of alkyl halides is 1. The van der Waals surface area contributed by atoms with Crippen molar-refractivity contribution in [2.24, 2.45) is 0 Å². The van der Waals surface area contributed by atoms with Crippen LogP contribution in [0.25, 0.3) is 0 Å². The standard InChI is InChI=1S/C18H21ClN2O4/c1-24-15-6-7-17(25-2)16(9-15)21-18(23)12-4-3-5-13(8-12)20-11-14(22)10-19/h3-9,14,20,22H,10-11H2,1-2H3,(H,21,23). The van der Waals surface area contributed by atoms with Crippen LogP contribution in [0.2, 0.25) is 0 Å². The number of ether oxygens (including phenoxy) is 2. The topological polar surface area (TPSA) is 79.8 Å². The molecule has 2 aromatic carbocycles. The van der Waals surface area contributed by atoms with E-state index in [1.54, 1.807) is 43.5 Å². The van der Waals surface area contributed by atoms with Crippen LogP contribution in [0.1, 0.15) is 10.4 Å². The van der Waals surface area contributed by atoms with Crippen LogP contribution in [-0.4, -0.2) is 43.8 Å². The van der Waals surface area contributed by atoms with Crippen LogP contribution in [0.5, 0.6) is 11.5 Å². The maximum absolute atomic E-state index is 12.5. The van der Waals surface area contributed by atoms with Gasteiger partial charge in [0.15, 0.2) is 0 Å². The van der Waals surface area contributed by atoms with E-state index in [9.17, 15) is 9.90 Å². The lowest BCUT2D eigenvalue weighted by atomic mass is 10.1. The second-order valence-corrected chi connectivity index (χ2v) is 5.60. The van der Waals surface area contributed by atoms with E-state index in [1.807, 2.05) is 6.07 Å². The fourth-order valence-electron chi connectivity index (χ4n) is 2.17. The Labute approximate surface area is 151 Å². The molecule has 0 fully saturated rings. The molecule has 0 saturated heterocycles. The summed E-state index contributed by atoms with van der Waals surface area (Å²) >= 11 is 5.57. The minimum atomic E-state index is -0.653. The van der Waals surface area contributed by atoms with Gasteiger partial charge >= 0.3 is 0 Å². The molecule has 0 radical (unpaired) electrons. The lowest BCUT2D eigenvalue weighted by molar-refractivity contribution is 0.102. The van der Waals surface area contributed by atoms with Gasteiger partial charge in [0, 0.05) is 23.9 Å². The van der Waals surface area contributed by atoms with Crippen LogP contribution in [0.15, 0.2) is 42.5 Å². The summed E-state index contributed by atoms with van der Waals surface area (Å²) in [4.78, 5) is 12.5. The number of nitrogens with one attached hydrogen (secondary N) is 2. The maximum Gasteiger partial charge on any atom is 0.255 e. The highest BCUT2D eigenvalue weighted by atomic mass is 35.5. The molecule has 1 unspecified atom stereocenters. The Hall–Kier alpha value is -2.44. The molecule has 0 aliphatic carbocycles. The van der Waals surface area contributed by atoms with E-state index in [4.69, 9.17) is 21.1 Å². The van der Waals surface area contributed by atoms with Crippen molar-refractivity contribution in [3.8, 4) is 11.5 Å². The zero-order valence-corrected chi connectivity index (χ0v) is 14.8. The average Bonchev–Trinajstić information content (AvgIpc) is 2.66. The molecule has 25 heavy (non-hydrogen) atoms. The van der Waals surface area contributed by atoms with Gasteiger partial charge in [0.05, 0.1) is 31.9 Å². The number of methoxy groups -OCH3 is 2. The Kier molecular flexibility index (Phi) is 6.91. The molecule has 0 spiro atoms. The van der Waals surface area contributed by atoms with Crippen LogP contribution in [0.3, 0.4) is 0 Å². The zero-order valence-electron chi connectivity index (χ0n) is 14.1. The van der Waals surface area contributed by atoms with E-state index >= 15 is 0 Å². The van der Waals surface area contributed by atoms with E-state index in [0.29, 0.717) is 29.3 Å². The highest BCUT2D eigenvalue weighted by Crippen LogP contribution is 2.29. The third-order valence-electron chi connectivity index (χ3n) is 3.50. The molecule has 6 nitrogen and oxygen atoms in total. The van der Waals surface area contributed by atoms with E-state index < -0.39 is 6.10 Å². The first kappa shape index (κ1) is 18.9. The highest BCUT2D eigenvalue weighted by Gasteiger charge is 2.12. The number of hydrogen-bond acceptors (Lipinski definition) is 5. The predicted molar refractivity (Wildman–Crippen MR) is 99.2 cm³/mol. The molecular weight excluding hydrogens is 344 g/mol. The van der Waals surface area contributed by atoms with Crippen molar-refractivity contribution in [3.63, 3.8) is 0 Å². The number of hydrogen-bond donors (Lipinski definition) is 3. The molecule has 0 aliphatic rings. The number of carbonyl (C=O) groups is 1. The number of aliphatic hydroxyl groups is 1. The van der Waals surface area contributed by atoms with Crippen molar-refractivity contribution in [1.29, 1.82) is 0 Å². The monoisotopic (exact) mass is 364 g/mol. The smallest absolute Gasteiger partial charge is 0.255 e. The number of carbonyl (C=O) groups excluding carboxylic acids is 1. The normalized spacial score (nSPS) is 11.5. The number of benzene rings is 2. The molecule has 134 valence electrons. The fraction of sp³-hybridized carbons (Fsp3) is 0.278. The zero-order chi connectivity index (χ0) is 18.2. The Morgan fingerprint density at radius 3 is 2.68 bits per heavy atom. The maximum atomic E-state index is 12.5. The highest BCUT2D eigenvalue weighted by molar-refractivity contribution is 6.18. The van der Waals surface area contributed by atoms with E-state index in [0.717, 1.165) is 5.69 Å². The van der Waals surface area contributed by atoms with Gasteiger partial charge in [-0.05, 0) is 30.3 Å². The average molecular weight is 365 g/mol. The number of aliphatic hydroxyl groups excluding tert-OH is 1. The fourth-order valence-corrected chi connectivity index (χ4v) is 2.28. The van der Waals surface area contributed by atoms with Gasteiger partial charge in [0.25, 0.3) is 5.91 Å². The second kappa shape index (κ2) is 9.15. The molecule has 0 bridgehead atoms. The van der Waals surface area contributed by atoms with E-state index in [-0.39, 0.29) is 11.8 Å². The molecule has 1 amide bonds. The lowest BCUT2D eigenvalue weighted by Gasteiger charge is -2.13. The van der Waals surface area contributed by atoms with Crippen molar-refractivity contribution < 1.29 is 19.4 Å². The summed E-state index contributed by atoms with van der Waals surface area (Å²) in [6.45, 7) is 0.304. The van der Waals surface area contributed by atoms with Gasteiger partial charge < -0.3 is 25.2 Å². The summed E-state index contributed by atoms with van der Waals surface area (Å²) in [7, 11) is 3.09. The summed E-state index contributed by atoms with van der Waals surface area (Å²) in [6, 6.07) is 12.1. The van der Waals surface area contributed by atoms with Crippen molar-refractivity contribution in [1.82, 2.24) is 0 Å². The van der Waals surface area contributed by atoms with Crippen LogP contribution < -0.4 is 20.1 Å². The van der Waals surface area contributed by atoms with Gasteiger partial charge in [-0.2, -0.15) is 0 Å². The largest absolute Gasteiger partial charge is 0.497 e. The van der Waals surface area contributed by atoms with Gasteiger partial charge in [0.1, 0.15) is 11.5 Å². The van der Waals surface area contributed by atoms with Crippen molar-refractivity contribution in [2.75, 3.05) is 37.3 Å². The molecule has 2 rings (SSSR count). The van der Waals surface area contributed by atoms with Crippen LogP contribution in [0, 0.1) is 0 Å². The quantitative estimate of drug-likeness (QED) is 0.627. The Balaban J connectivity index is 2.13. The molecule has 1 atom stereocenters. The number of amides is 1. The molecule has 7 heteroatoms. The van der Waals surface area contributed by atoms with Gasteiger partial charge in [-0.25, -0.2) is 0 Å². The molecule has 0 heterocycles. The number of rotatable bonds is 8. The minimum Gasteiger partial charge on any atom is -0.497 e. The van der Waals surface area contributed by atoms with E-state index in [2.05, 4.69) is 10.6 Å². The SMILES string of the molecule is COc1ccc(OC)c(NC(=O)c2cccc(NCC(O)CCl)c2)c1. The van der Waals surface area contributed by atoms with Gasteiger partial charge in [0.2, 0.25) is 0 Å².